The molecule has 170 valence electrons. The van der Waals surface area contributed by atoms with E-state index in [1.54, 1.807) is 38.2 Å². The van der Waals surface area contributed by atoms with Crippen molar-refractivity contribution in [2.75, 3.05) is 24.7 Å². The lowest BCUT2D eigenvalue weighted by molar-refractivity contribution is -0.137. The van der Waals surface area contributed by atoms with Gasteiger partial charge in [-0.1, -0.05) is 29.4 Å². The van der Waals surface area contributed by atoms with Crippen molar-refractivity contribution in [1.29, 1.82) is 0 Å². The molecule has 10 heteroatoms. The van der Waals surface area contributed by atoms with Crippen molar-refractivity contribution in [3.8, 4) is 17.1 Å². The Labute approximate surface area is 187 Å². The Hall–Kier alpha value is -3.40. The van der Waals surface area contributed by atoms with Gasteiger partial charge in [0.2, 0.25) is 21.7 Å². The van der Waals surface area contributed by atoms with E-state index in [4.69, 9.17) is 9.26 Å². The molecule has 0 N–H and O–H groups in total. The van der Waals surface area contributed by atoms with Gasteiger partial charge >= 0.3 is 0 Å². The topological polar surface area (TPSA) is 106 Å². The molecule has 0 aliphatic carbocycles. The van der Waals surface area contributed by atoms with Crippen molar-refractivity contribution in [1.82, 2.24) is 15.0 Å². The Bertz CT molecular complexity index is 1190. The van der Waals surface area contributed by atoms with Crippen molar-refractivity contribution in [3.63, 3.8) is 0 Å². The lowest BCUT2D eigenvalue weighted by Crippen LogP contribution is -2.37. The first kappa shape index (κ1) is 23.3. The third-order valence-corrected chi connectivity index (χ3v) is 6.17. The number of benzene rings is 2. The van der Waals surface area contributed by atoms with E-state index in [2.05, 4.69) is 10.1 Å². The summed E-state index contributed by atoms with van der Waals surface area (Å²) in [6, 6.07) is 14.2. The highest BCUT2D eigenvalue weighted by Gasteiger charge is 2.22. The maximum Gasteiger partial charge on any atom is 0.263 e. The van der Waals surface area contributed by atoms with Gasteiger partial charge in [0, 0.05) is 19.7 Å². The van der Waals surface area contributed by atoms with Crippen LogP contribution in [0.3, 0.4) is 0 Å². The monoisotopic (exact) mass is 458 g/mol. The molecule has 3 rings (SSSR count). The molecule has 0 fully saturated rings. The van der Waals surface area contributed by atoms with E-state index in [1.807, 2.05) is 31.2 Å². The van der Waals surface area contributed by atoms with Gasteiger partial charge in [0.15, 0.2) is 6.10 Å². The number of sulfonamides is 1. The van der Waals surface area contributed by atoms with Gasteiger partial charge < -0.3 is 14.2 Å². The van der Waals surface area contributed by atoms with E-state index in [0.717, 1.165) is 21.7 Å². The molecule has 3 aromatic rings. The first-order valence-corrected chi connectivity index (χ1v) is 11.8. The molecule has 1 atom stereocenters. The van der Waals surface area contributed by atoms with Gasteiger partial charge in [-0.05, 0) is 43.7 Å². The van der Waals surface area contributed by atoms with Gasteiger partial charge in [-0.25, -0.2) is 8.42 Å². The molecule has 0 spiro atoms. The molecule has 0 aliphatic heterocycles. The van der Waals surface area contributed by atoms with Crippen LogP contribution in [0.4, 0.5) is 5.69 Å². The maximum atomic E-state index is 12.7. The van der Waals surface area contributed by atoms with Crippen LogP contribution in [0.5, 0.6) is 5.75 Å². The summed E-state index contributed by atoms with van der Waals surface area (Å²) >= 11 is 0. The zero-order valence-corrected chi connectivity index (χ0v) is 19.5. The highest BCUT2D eigenvalue weighted by molar-refractivity contribution is 7.92. The van der Waals surface area contributed by atoms with Gasteiger partial charge in [0.25, 0.3) is 5.91 Å². The number of aromatic nitrogens is 2. The summed E-state index contributed by atoms with van der Waals surface area (Å²) in [6.07, 6.45) is 0.360. The Balaban J connectivity index is 1.61. The zero-order valence-electron chi connectivity index (χ0n) is 18.6. The van der Waals surface area contributed by atoms with Crippen LogP contribution in [0.25, 0.3) is 11.4 Å². The third kappa shape index (κ3) is 5.44. The molecular weight excluding hydrogens is 432 g/mol. The second kappa shape index (κ2) is 9.39. The lowest BCUT2D eigenvalue weighted by Gasteiger charge is -2.21. The summed E-state index contributed by atoms with van der Waals surface area (Å²) in [6.45, 7) is 3.75. The molecule has 1 heterocycles. The van der Waals surface area contributed by atoms with Crippen LogP contribution in [-0.2, 0) is 21.4 Å². The summed E-state index contributed by atoms with van der Waals surface area (Å²) in [5.74, 6) is 0.976. The lowest BCUT2D eigenvalue weighted by atomic mass is 10.1. The van der Waals surface area contributed by atoms with Crippen LogP contribution in [0, 0.1) is 6.92 Å². The standard InChI is InChI=1S/C22H26N4O5S/c1-15-8-6-7-9-19(15)21-23-20(31-24-21)14-25(3)22(27)16(2)30-18-12-10-17(11-13-18)26(4)32(5,28)29/h6-13,16H,14H2,1-5H3/t16-/m0/s1. The maximum absolute atomic E-state index is 12.7. The smallest absolute Gasteiger partial charge is 0.263 e. The number of aryl methyl sites for hydroxylation is 1. The van der Waals surface area contributed by atoms with Crippen molar-refractivity contribution in [2.24, 2.45) is 0 Å². The summed E-state index contributed by atoms with van der Waals surface area (Å²) in [7, 11) is -0.257. The van der Waals surface area contributed by atoms with Crippen molar-refractivity contribution in [2.45, 2.75) is 26.5 Å². The van der Waals surface area contributed by atoms with Crippen molar-refractivity contribution in [3.05, 3.63) is 60.0 Å². The summed E-state index contributed by atoms with van der Waals surface area (Å²) in [5.41, 5.74) is 2.40. The average Bonchev–Trinajstić information content (AvgIpc) is 3.21. The zero-order chi connectivity index (χ0) is 23.5. The molecule has 0 saturated heterocycles. The molecule has 2 aromatic carbocycles. The highest BCUT2D eigenvalue weighted by Crippen LogP contribution is 2.22. The molecule has 0 bridgehead atoms. The fourth-order valence-electron chi connectivity index (χ4n) is 3.02. The summed E-state index contributed by atoms with van der Waals surface area (Å²) in [5, 5.41) is 4.01. The normalized spacial score (nSPS) is 12.3. The number of hydrogen-bond acceptors (Lipinski definition) is 7. The number of hydrogen-bond donors (Lipinski definition) is 0. The van der Waals surface area contributed by atoms with Crippen LogP contribution < -0.4 is 9.04 Å². The quantitative estimate of drug-likeness (QED) is 0.511. The fraction of sp³-hybridized carbons (Fsp3) is 0.318. The largest absolute Gasteiger partial charge is 0.481 e. The molecule has 1 aromatic heterocycles. The molecule has 1 amide bonds. The van der Waals surface area contributed by atoms with Gasteiger partial charge in [-0.15, -0.1) is 0 Å². The minimum Gasteiger partial charge on any atom is -0.481 e. The molecular formula is C22H26N4O5S. The van der Waals surface area contributed by atoms with Crippen molar-refractivity contribution < 1.29 is 22.5 Å². The van der Waals surface area contributed by atoms with Crippen LogP contribution in [-0.4, -0.2) is 55.8 Å². The second-order valence-corrected chi connectivity index (χ2v) is 9.52. The third-order valence-electron chi connectivity index (χ3n) is 4.96. The number of likely N-dealkylation sites (N-methyl/N-ethyl adjacent to an activating group) is 1. The minimum atomic E-state index is -3.35. The molecule has 0 saturated carbocycles. The Morgan fingerprint density at radius 2 is 1.78 bits per heavy atom. The second-order valence-electron chi connectivity index (χ2n) is 7.51. The minimum absolute atomic E-state index is 0.142. The van der Waals surface area contributed by atoms with Gasteiger partial charge in [-0.2, -0.15) is 4.98 Å². The predicted octanol–water partition coefficient (Wildman–Crippen LogP) is 2.87. The Morgan fingerprint density at radius 1 is 1.12 bits per heavy atom. The van der Waals surface area contributed by atoms with Gasteiger partial charge in [0.1, 0.15) is 5.75 Å². The number of ether oxygens (including phenoxy) is 1. The first-order chi connectivity index (χ1) is 15.1. The van der Waals surface area contributed by atoms with Gasteiger partial charge in [0.05, 0.1) is 18.5 Å². The summed E-state index contributed by atoms with van der Waals surface area (Å²) < 4.78 is 35.5. The highest BCUT2D eigenvalue weighted by atomic mass is 32.2. The number of carbonyl (C=O) groups is 1. The number of rotatable bonds is 8. The summed E-state index contributed by atoms with van der Waals surface area (Å²) in [4.78, 5) is 18.5. The Kier molecular flexibility index (Phi) is 6.83. The number of nitrogens with zero attached hydrogens (tertiary/aromatic N) is 4. The first-order valence-electron chi connectivity index (χ1n) is 9.90. The van der Waals surface area contributed by atoms with E-state index < -0.39 is 16.1 Å². The fourth-order valence-corrected chi connectivity index (χ4v) is 3.53. The Morgan fingerprint density at radius 3 is 2.41 bits per heavy atom. The number of amides is 1. The molecule has 9 nitrogen and oxygen atoms in total. The van der Waals surface area contributed by atoms with E-state index in [9.17, 15) is 13.2 Å². The van der Waals surface area contributed by atoms with E-state index in [-0.39, 0.29) is 12.5 Å². The van der Waals surface area contributed by atoms with Crippen molar-refractivity contribution >= 4 is 21.6 Å². The SMILES string of the molecule is Cc1ccccc1-c1noc(CN(C)C(=O)[C@H](C)Oc2ccc(N(C)S(C)(=O)=O)cc2)n1. The van der Waals surface area contributed by atoms with E-state index >= 15 is 0 Å². The predicted molar refractivity (Wildman–Crippen MR) is 121 cm³/mol. The van der Waals surface area contributed by atoms with Crippen LogP contribution in [0.1, 0.15) is 18.4 Å². The van der Waals surface area contributed by atoms with Crippen LogP contribution in [0.2, 0.25) is 0 Å². The molecule has 0 radical (unpaired) electrons. The van der Waals surface area contributed by atoms with Crippen LogP contribution >= 0.6 is 0 Å². The van der Waals surface area contributed by atoms with E-state index in [1.165, 1.54) is 11.9 Å². The average molecular weight is 459 g/mol. The van der Waals surface area contributed by atoms with Gasteiger partial charge in [-0.3, -0.25) is 9.10 Å². The number of carbonyl (C=O) groups excluding carboxylic acids is 1. The molecule has 0 unspecified atom stereocenters. The van der Waals surface area contributed by atoms with Crippen LogP contribution in [0.15, 0.2) is 53.1 Å². The molecule has 0 aliphatic rings. The molecule has 32 heavy (non-hydrogen) atoms. The van der Waals surface area contributed by atoms with E-state index in [0.29, 0.717) is 23.2 Å². The number of anilines is 1.